The van der Waals surface area contributed by atoms with Crippen LogP contribution in [-0.2, 0) is 15.1 Å². The topological polar surface area (TPSA) is 108 Å². The lowest BCUT2D eigenvalue weighted by atomic mass is 9.92. The molecule has 0 aromatic heterocycles. The monoisotopic (exact) mass is 304 g/mol. The van der Waals surface area contributed by atoms with Crippen LogP contribution >= 0.6 is 0 Å². The zero-order valence-electron chi connectivity index (χ0n) is 12.2. The second-order valence-corrected chi connectivity index (χ2v) is 4.94. The van der Waals surface area contributed by atoms with Crippen LogP contribution in [0.2, 0.25) is 0 Å². The second kappa shape index (κ2) is 5.84. The van der Waals surface area contributed by atoms with E-state index < -0.39 is 36.0 Å². The van der Waals surface area contributed by atoms with E-state index in [-0.39, 0.29) is 0 Å². The first-order chi connectivity index (χ1) is 10.4. The molecule has 1 heterocycles. The summed E-state index contributed by atoms with van der Waals surface area (Å²) in [5, 5.41) is 6.79. The molecule has 0 saturated carbocycles. The summed E-state index contributed by atoms with van der Waals surface area (Å²) in [6.07, 6.45) is 0. The third-order valence-corrected chi connectivity index (χ3v) is 3.41. The van der Waals surface area contributed by atoms with Gasteiger partial charge in [-0.2, -0.15) is 0 Å². The number of carbonyl (C=O) groups excluding carboxylic acids is 4. The Bertz CT molecular complexity index is 631. The van der Waals surface area contributed by atoms with Crippen molar-refractivity contribution in [3.8, 4) is 0 Å². The average Bonchev–Trinajstić information content (AvgIpc) is 2.72. The van der Waals surface area contributed by atoms with Gasteiger partial charge in [0.2, 0.25) is 5.91 Å². The maximum absolute atomic E-state index is 12.5. The van der Waals surface area contributed by atoms with E-state index in [0.29, 0.717) is 5.56 Å². The average molecular weight is 304 g/mol. The van der Waals surface area contributed by atoms with Crippen molar-refractivity contribution in [3.05, 3.63) is 35.9 Å². The molecule has 6 amide bonds. The van der Waals surface area contributed by atoms with E-state index in [0.717, 1.165) is 4.90 Å². The Morgan fingerprint density at radius 3 is 2.45 bits per heavy atom. The Hall–Kier alpha value is -2.90. The van der Waals surface area contributed by atoms with Crippen molar-refractivity contribution in [3.63, 3.8) is 0 Å². The van der Waals surface area contributed by atoms with E-state index in [2.05, 4.69) is 10.6 Å². The lowest BCUT2D eigenvalue weighted by Gasteiger charge is -2.21. The summed E-state index contributed by atoms with van der Waals surface area (Å²) >= 11 is 0. The quantitative estimate of drug-likeness (QED) is 0.678. The molecule has 8 heteroatoms. The summed E-state index contributed by atoms with van der Waals surface area (Å²) in [5.74, 6) is -1.30. The minimum Gasteiger partial charge on any atom is -0.341 e. The summed E-state index contributed by atoms with van der Waals surface area (Å²) in [4.78, 5) is 48.0. The van der Waals surface area contributed by atoms with Gasteiger partial charge in [-0.15, -0.1) is 0 Å². The van der Waals surface area contributed by atoms with E-state index in [4.69, 9.17) is 0 Å². The van der Waals surface area contributed by atoms with Crippen LogP contribution in [0, 0.1) is 0 Å². The maximum atomic E-state index is 12.5. The van der Waals surface area contributed by atoms with Crippen molar-refractivity contribution in [1.82, 2.24) is 20.9 Å². The highest BCUT2D eigenvalue weighted by Crippen LogP contribution is 2.28. The number of carbonyl (C=O) groups is 4. The van der Waals surface area contributed by atoms with E-state index in [1.807, 2.05) is 5.32 Å². The van der Waals surface area contributed by atoms with E-state index >= 15 is 0 Å². The molecule has 1 aromatic carbocycles. The molecule has 1 aliphatic heterocycles. The molecule has 1 aromatic rings. The van der Waals surface area contributed by atoms with E-state index in [9.17, 15) is 19.2 Å². The Labute approximate surface area is 126 Å². The largest absolute Gasteiger partial charge is 0.341 e. The number of urea groups is 2. The molecule has 0 aliphatic carbocycles. The Kier molecular flexibility index (Phi) is 4.11. The molecule has 116 valence electrons. The molecule has 8 nitrogen and oxygen atoms in total. The Morgan fingerprint density at radius 1 is 1.23 bits per heavy atom. The predicted molar refractivity (Wildman–Crippen MR) is 76.6 cm³/mol. The molecule has 0 bridgehead atoms. The van der Waals surface area contributed by atoms with Crippen molar-refractivity contribution >= 4 is 23.9 Å². The van der Waals surface area contributed by atoms with Crippen LogP contribution < -0.4 is 16.0 Å². The number of amides is 6. The fraction of sp³-hybridized carbons (Fsp3) is 0.286. The van der Waals surface area contributed by atoms with Gasteiger partial charge in [0.15, 0.2) is 0 Å². The lowest BCUT2D eigenvalue weighted by molar-refractivity contribution is -0.134. The standard InChI is InChI=1S/C14H16N4O4/c1-14(9-6-4-3-5-7-9)11(20)18(13(22)17-14)8-10(19)16-12(21)15-2/h3-7H,8H2,1-2H3,(H,17,22)(H2,15,16,19,21)/t14-/m0/s1. The molecule has 0 unspecified atom stereocenters. The first-order valence-corrected chi connectivity index (χ1v) is 6.59. The van der Waals surface area contributed by atoms with E-state index in [1.54, 1.807) is 37.3 Å². The van der Waals surface area contributed by atoms with Gasteiger partial charge in [-0.05, 0) is 12.5 Å². The van der Waals surface area contributed by atoms with Crippen molar-refractivity contribution in [2.45, 2.75) is 12.5 Å². The zero-order valence-corrected chi connectivity index (χ0v) is 12.2. The number of nitrogens with zero attached hydrogens (tertiary/aromatic N) is 1. The number of imide groups is 2. The Balaban J connectivity index is 2.16. The van der Waals surface area contributed by atoms with Gasteiger partial charge in [0.1, 0.15) is 12.1 Å². The molecule has 2 rings (SSSR count). The lowest BCUT2D eigenvalue weighted by Crippen LogP contribution is -2.46. The highest BCUT2D eigenvalue weighted by molar-refractivity contribution is 6.10. The first-order valence-electron chi connectivity index (χ1n) is 6.59. The fourth-order valence-corrected chi connectivity index (χ4v) is 2.18. The van der Waals surface area contributed by atoms with Gasteiger partial charge in [-0.25, -0.2) is 9.59 Å². The smallest absolute Gasteiger partial charge is 0.325 e. The van der Waals surface area contributed by atoms with Gasteiger partial charge >= 0.3 is 12.1 Å². The van der Waals surface area contributed by atoms with Gasteiger partial charge in [-0.1, -0.05) is 30.3 Å². The van der Waals surface area contributed by atoms with Crippen LogP contribution in [0.15, 0.2) is 30.3 Å². The van der Waals surface area contributed by atoms with Gasteiger partial charge in [-0.3, -0.25) is 19.8 Å². The molecule has 22 heavy (non-hydrogen) atoms. The van der Waals surface area contributed by atoms with E-state index in [1.165, 1.54) is 7.05 Å². The van der Waals surface area contributed by atoms with Crippen LogP contribution in [0.5, 0.6) is 0 Å². The zero-order chi connectivity index (χ0) is 16.3. The normalized spacial score (nSPS) is 20.5. The molecule has 1 aliphatic rings. The third kappa shape index (κ3) is 2.76. The summed E-state index contributed by atoms with van der Waals surface area (Å²) in [5.41, 5.74) is -0.617. The highest BCUT2D eigenvalue weighted by Gasteiger charge is 2.49. The van der Waals surface area contributed by atoms with Gasteiger partial charge in [0.05, 0.1) is 0 Å². The third-order valence-electron chi connectivity index (χ3n) is 3.41. The number of nitrogens with one attached hydrogen (secondary N) is 3. The minimum absolute atomic E-state index is 0.527. The summed E-state index contributed by atoms with van der Waals surface area (Å²) < 4.78 is 0. The van der Waals surface area contributed by atoms with Gasteiger partial charge in [0.25, 0.3) is 5.91 Å². The molecule has 1 saturated heterocycles. The van der Waals surface area contributed by atoms with Crippen LogP contribution in [0.25, 0.3) is 0 Å². The number of benzene rings is 1. The van der Waals surface area contributed by atoms with Crippen molar-refractivity contribution in [2.75, 3.05) is 13.6 Å². The van der Waals surface area contributed by atoms with Crippen LogP contribution in [0.4, 0.5) is 9.59 Å². The van der Waals surface area contributed by atoms with Crippen molar-refractivity contribution in [2.24, 2.45) is 0 Å². The van der Waals surface area contributed by atoms with Gasteiger partial charge in [0, 0.05) is 7.05 Å². The van der Waals surface area contributed by atoms with Crippen LogP contribution in [-0.4, -0.2) is 42.4 Å². The molecule has 0 spiro atoms. The molecule has 1 atom stereocenters. The van der Waals surface area contributed by atoms with Gasteiger partial charge < -0.3 is 10.6 Å². The summed E-state index contributed by atoms with van der Waals surface area (Å²) in [7, 11) is 1.35. The fourth-order valence-electron chi connectivity index (χ4n) is 2.18. The predicted octanol–water partition coefficient (Wildman–Crippen LogP) is -0.0908. The number of rotatable bonds is 3. The number of hydrogen-bond donors (Lipinski definition) is 3. The molecular weight excluding hydrogens is 288 g/mol. The number of hydrogen-bond acceptors (Lipinski definition) is 4. The summed E-state index contributed by atoms with van der Waals surface area (Å²) in [6.45, 7) is 1.04. The second-order valence-electron chi connectivity index (χ2n) is 4.94. The van der Waals surface area contributed by atoms with Crippen molar-refractivity contribution < 1.29 is 19.2 Å². The maximum Gasteiger partial charge on any atom is 0.325 e. The van der Waals surface area contributed by atoms with Crippen molar-refractivity contribution in [1.29, 1.82) is 0 Å². The SMILES string of the molecule is CNC(=O)NC(=O)CN1C(=O)N[C@@](C)(c2ccccc2)C1=O. The highest BCUT2D eigenvalue weighted by atomic mass is 16.2. The first kappa shape index (κ1) is 15.5. The van der Waals surface area contributed by atoms with Crippen LogP contribution in [0.1, 0.15) is 12.5 Å². The summed E-state index contributed by atoms with van der Waals surface area (Å²) in [6, 6.07) is 7.34. The Morgan fingerprint density at radius 2 is 1.86 bits per heavy atom. The minimum atomic E-state index is -1.23. The molecule has 1 fully saturated rings. The molecular formula is C14H16N4O4. The molecule has 3 N–H and O–H groups in total. The van der Waals surface area contributed by atoms with Crippen LogP contribution in [0.3, 0.4) is 0 Å². The molecule has 0 radical (unpaired) electrons.